The summed E-state index contributed by atoms with van der Waals surface area (Å²) in [4.78, 5) is 30.3. The maximum absolute atomic E-state index is 15.0. The van der Waals surface area contributed by atoms with E-state index in [1.165, 1.54) is 19.1 Å². The van der Waals surface area contributed by atoms with Crippen LogP contribution in [0.4, 0.5) is 8.78 Å². The van der Waals surface area contributed by atoms with Gasteiger partial charge in [0, 0.05) is 69.4 Å². The number of hydrogen-bond donors (Lipinski definition) is 1. The first-order chi connectivity index (χ1) is 20.2. The minimum absolute atomic E-state index is 0.0450. The topological polar surface area (TPSA) is 61.9 Å². The Bertz CT molecular complexity index is 1290. The van der Waals surface area contributed by atoms with E-state index in [1.54, 1.807) is 0 Å². The van der Waals surface area contributed by atoms with Crippen LogP contribution >= 0.6 is 11.6 Å². The van der Waals surface area contributed by atoms with Crippen molar-refractivity contribution in [3.63, 3.8) is 0 Å². The molecule has 3 fully saturated rings. The molecule has 2 amide bonds. The molecule has 6 nitrogen and oxygen atoms in total. The zero-order valence-electron chi connectivity index (χ0n) is 24.8. The number of nitrogens with one attached hydrogen (secondary N) is 1. The molecule has 3 unspecified atom stereocenters. The van der Waals surface area contributed by atoms with Crippen LogP contribution < -0.4 is 5.32 Å². The number of carbonyl (C=O) groups excluding carboxylic acids is 2. The Morgan fingerprint density at radius 1 is 1.05 bits per heavy atom. The first-order valence-electron chi connectivity index (χ1n) is 15.3. The van der Waals surface area contributed by atoms with E-state index in [9.17, 15) is 14.0 Å². The van der Waals surface area contributed by atoms with Gasteiger partial charge in [0.15, 0.2) is 0 Å². The summed E-state index contributed by atoms with van der Waals surface area (Å²) >= 11 is 6.58. The van der Waals surface area contributed by atoms with Crippen molar-refractivity contribution < 1.29 is 23.1 Å². The Balaban J connectivity index is 1.34. The van der Waals surface area contributed by atoms with E-state index in [0.29, 0.717) is 56.0 Å². The number of carbonyl (C=O) groups is 2. The molecule has 3 aliphatic heterocycles. The molecule has 2 aromatic rings. The molecule has 0 saturated carbocycles. The average Bonchev–Trinajstić information content (AvgIpc) is 3.42. The van der Waals surface area contributed by atoms with Crippen molar-refractivity contribution in [3.05, 3.63) is 69.2 Å². The van der Waals surface area contributed by atoms with Gasteiger partial charge in [-0.2, -0.15) is 0 Å². The number of ether oxygens (including phenoxy) is 1. The second-order valence-electron chi connectivity index (χ2n) is 12.2. The highest BCUT2D eigenvalue weighted by Gasteiger charge is 2.44. The van der Waals surface area contributed by atoms with Crippen LogP contribution in [-0.4, -0.2) is 67.0 Å². The Hall–Kier alpha value is -2.55. The van der Waals surface area contributed by atoms with Crippen LogP contribution in [0.15, 0.2) is 30.3 Å². The Kier molecular flexibility index (Phi) is 9.85. The summed E-state index contributed by atoms with van der Waals surface area (Å²) < 4.78 is 34.3. The van der Waals surface area contributed by atoms with E-state index in [-0.39, 0.29) is 29.7 Å². The normalized spacial score (nSPS) is 23.2. The first-order valence-corrected chi connectivity index (χ1v) is 15.7. The molecule has 0 aliphatic carbocycles. The number of likely N-dealkylation sites (tertiary alicyclic amines) is 2. The van der Waals surface area contributed by atoms with Crippen molar-refractivity contribution in [3.8, 4) is 0 Å². The zero-order chi connectivity index (χ0) is 30.0. The summed E-state index contributed by atoms with van der Waals surface area (Å²) in [6.45, 7) is 9.28. The lowest BCUT2D eigenvalue weighted by Crippen LogP contribution is -2.44. The third-order valence-corrected chi connectivity index (χ3v) is 9.91. The van der Waals surface area contributed by atoms with Crippen LogP contribution in [0.3, 0.4) is 0 Å². The lowest BCUT2D eigenvalue weighted by Gasteiger charge is -2.36. The molecule has 0 bridgehead atoms. The molecule has 2 aromatic carbocycles. The molecule has 42 heavy (non-hydrogen) atoms. The molecule has 1 N–H and O–H groups in total. The van der Waals surface area contributed by atoms with Gasteiger partial charge in [-0.1, -0.05) is 30.7 Å². The van der Waals surface area contributed by atoms with Gasteiger partial charge < -0.3 is 15.0 Å². The number of nitrogens with zero attached hydrogens (tertiary/aromatic N) is 2. The van der Waals surface area contributed by atoms with Gasteiger partial charge in [-0.15, -0.1) is 0 Å². The SMILES string of the molecule is CCC(NC(C)=O)c1cc(C)c(Cl)cc1C1CCN(C(=O)C2CN(C3CCOCC3)CC2c2ccc(F)cc2F)CC1. The number of piperidine rings is 1. The van der Waals surface area contributed by atoms with E-state index in [2.05, 4.69) is 23.2 Å². The Labute approximate surface area is 252 Å². The fraction of sp³-hybridized carbons (Fsp3) is 0.576. The largest absolute Gasteiger partial charge is 0.381 e. The molecule has 228 valence electrons. The summed E-state index contributed by atoms with van der Waals surface area (Å²) in [6.07, 6.45) is 4.10. The third kappa shape index (κ3) is 6.66. The summed E-state index contributed by atoms with van der Waals surface area (Å²) in [5, 5.41) is 3.78. The predicted molar refractivity (Wildman–Crippen MR) is 160 cm³/mol. The van der Waals surface area contributed by atoms with E-state index < -0.39 is 17.6 Å². The Morgan fingerprint density at radius 3 is 2.40 bits per heavy atom. The van der Waals surface area contributed by atoms with Crippen LogP contribution in [0.25, 0.3) is 0 Å². The van der Waals surface area contributed by atoms with Gasteiger partial charge in [-0.25, -0.2) is 8.78 Å². The van der Waals surface area contributed by atoms with E-state index in [1.807, 2.05) is 17.9 Å². The van der Waals surface area contributed by atoms with Crippen molar-refractivity contribution in [1.82, 2.24) is 15.1 Å². The fourth-order valence-corrected chi connectivity index (χ4v) is 7.39. The van der Waals surface area contributed by atoms with E-state index in [4.69, 9.17) is 16.3 Å². The highest BCUT2D eigenvalue weighted by Crippen LogP contribution is 2.40. The molecule has 3 heterocycles. The molecular formula is C33H42ClF2N3O3. The van der Waals surface area contributed by atoms with Crippen LogP contribution in [0, 0.1) is 24.5 Å². The summed E-state index contributed by atoms with van der Waals surface area (Å²) in [5.74, 6) is -1.73. The van der Waals surface area contributed by atoms with Gasteiger partial charge in [-0.05, 0) is 79.3 Å². The monoisotopic (exact) mass is 601 g/mol. The van der Waals surface area contributed by atoms with Crippen molar-refractivity contribution in [2.24, 2.45) is 5.92 Å². The molecule has 0 aromatic heterocycles. The predicted octanol–water partition coefficient (Wildman–Crippen LogP) is 6.11. The van der Waals surface area contributed by atoms with Gasteiger partial charge in [0.2, 0.25) is 11.8 Å². The van der Waals surface area contributed by atoms with Crippen LogP contribution in [0.1, 0.15) is 86.1 Å². The summed E-state index contributed by atoms with van der Waals surface area (Å²) in [5.41, 5.74) is 3.62. The summed E-state index contributed by atoms with van der Waals surface area (Å²) in [7, 11) is 0. The zero-order valence-corrected chi connectivity index (χ0v) is 25.6. The fourth-order valence-electron chi connectivity index (χ4n) is 7.22. The first kappa shape index (κ1) is 30.9. The third-order valence-electron chi connectivity index (χ3n) is 9.51. The lowest BCUT2D eigenvalue weighted by molar-refractivity contribution is -0.136. The molecule has 9 heteroatoms. The van der Waals surface area contributed by atoms with Crippen molar-refractivity contribution in [2.45, 2.75) is 76.8 Å². The maximum Gasteiger partial charge on any atom is 0.227 e. The molecule has 3 saturated heterocycles. The van der Waals surface area contributed by atoms with Gasteiger partial charge >= 0.3 is 0 Å². The van der Waals surface area contributed by atoms with Crippen molar-refractivity contribution >= 4 is 23.4 Å². The van der Waals surface area contributed by atoms with Crippen molar-refractivity contribution in [2.75, 3.05) is 39.4 Å². The smallest absolute Gasteiger partial charge is 0.227 e. The lowest BCUT2D eigenvalue weighted by atomic mass is 9.82. The van der Waals surface area contributed by atoms with E-state index >= 15 is 4.39 Å². The molecule has 3 aliphatic rings. The number of rotatable bonds is 7. The van der Waals surface area contributed by atoms with Crippen LogP contribution in [0.2, 0.25) is 5.02 Å². The molecule has 0 radical (unpaired) electrons. The van der Waals surface area contributed by atoms with Gasteiger partial charge in [-0.3, -0.25) is 14.5 Å². The van der Waals surface area contributed by atoms with Crippen LogP contribution in [-0.2, 0) is 14.3 Å². The second kappa shape index (κ2) is 13.4. The quantitative estimate of drug-likeness (QED) is 0.416. The number of benzene rings is 2. The number of halogens is 3. The molecule has 0 spiro atoms. The van der Waals surface area contributed by atoms with E-state index in [0.717, 1.165) is 54.9 Å². The minimum Gasteiger partial charge on any atom is -0.381 e. The molecule has 5 rings (SSSR count). The second-order valence-corrected chi connectivity index (χ2v) is 12.6. The Morgan fingerprint density at radius 2 is 1.76 bits per heavy atom. The minimum atomic E-state index is -0.611. The molecule has 3 atom stereocenters. The van der Waals surface area contributed by atoms with Crippen molar-refractivity contribution in [1.29, 1.82) is 0 Å². The maximum atomic E-state index is 15.0. The van der Waals surface area contributed by atoms with Gasteiger partial charge in [0.05, 0.1) is 12.0 Å². The van der Waals surface area contributed by atoms with Gasteiger partial charge in [0.25, 0.3) is 0 Å². The number of hydrogen-bond acceptors (Lipinski definition) is 4. The average molecular weight is 602 g/mol. The number of aryl methyl sites for hydroxylation is 1. The standard InChI is InChI=1S/C33H42ClF2N3O3/c1-4-32(37-21(3)40)27-15-20(2)30(34)17-26(27)22-7-11-38(12-8-22)33(41)29-19-39(24-9-13-42-14-10-24)18-28(29)25-6-5-23(35)16-31(25)36/h5-6,15-17,22,24,28-29,32H,4,7-14,18-19H2,1-3H3,(H,37,40). The highest BCUT2D eigenvalue weighted by molar-refractivity contribution is 6.31. The summed E-state index contributed by atoms with van der Waals surface area (Å²) in [6, 6.07) is 8.05. The van der Waals surface area contributed by atoms with Crippen LogP contribution in [0.5, 0.6) is 0 Å². The highest BCUT2D eigenvalue weighted by atomic mass is 35.5. The van der Waals surface area contributed by atoms with Gasteiger partial charge in [0.1, 0.15) is 11.6 Å². The molecular weight excluding hydrogens is 560 g/mol. The number of amides is 2.